The summed E-state index contributed by atoms with van der Waals surface area (Å²) in [4.78, 5) is 5.27. The Labute approximate surface area is 354 Å². The van der Waals surface area contributed by atoms with E-state index in [2.05, 4.69) is 109 Å². The van der Waals surface area contributed by atoms with Gasteiger partial charge in [0.05, 0.1) is 44.2 Å². The first kappa shape index (κ1) is 49.5. The van der Waals surface area contributed by atoms with Gasteiger partial charge in [-0.05, 0) is 79.6 Å². The molecule has 3 saturated heterocycles. The molecule has 0 aliphatic carbocycles. The Kier molecular flexibility index (Phi) is 15.6. The first-order valence-corrected chi connectivity index (χ1v) is 27.5. The summed E-state index contributed by atoms with van der Waals surface area (Å²) in [6.45, 7) is 40.6. The highest BCUT2D eigenvalue weighted by molar-refractivity contribution is 6.74. The van der Waals surface area contributed by atoms with E-state index in [4.69, 9.17) is 42.2 Å². The molecule has 0 bridgehead atoms. The van der Waals surface area contributed by atoms with Crippen molar-refractivity contribution in [3.63, 3.8) is 0 Å². The van der Waals surface area contributed by atoms with Gasteiger partial charge in [0, 0.05) is 43.3 Å². The fourth-order valence-corrected chi connectivity index (χ4v) is 11.4. The quantitative estimate of drug-likeness (QED) is 0.0705. The highest BCUT2D eigenvalue weighted by atomic mass is 28.4. The second-order valence-corrected chi connectivity index (χ2v) is 31.1. The second kappa shape index (κ2) is 18.3. The van der Waals surface area contributed by atoms with Gasteiger partial charge in [0.2, 0.25) is 5.79 Å². The van der Waals surface area contributed by atoms with Crippen molar-refractivity contribution in [2.24, 2.45) is 29.1 Å². The lowest BCUT2D eigenvalue weighted by Gasteiger charge is -2.53. The van der Waals surface area contributed by atoms with Gasteiger partial charge in [0.15, 0.2) is 22.4 Å². The molecule has 3 aliphatic rings. The van der Waals surface area contributed by atoms with E-state index in [1.807, 2.05) is 37.3 Å². The molecule has 3 fully saturated rings. The topological polar surface area (TPSA) is 103 Å². The van der Waals surface area contributed by atoms with E-state index in [1.165, 1.54) is 0 Å². The molecular weight excluding hydrogens is 769 g/mol. The van der Waals surface area contributed by atoms with Crippen molar-refractivity contribution in [1.29, 1.82) is 0 Å². The van der Waals surface area contributed by atoms with Gasteiger partial charge in [-0.3, -0.25) is 0 Å². The van der Waals surface area contributed by atoms with E-state index in [0.29, 0.717) is 32.5 Å². The Bertz CT molecular complexity index is 1490. The molecule has 334 valence electrons. The van der Waals surface area contributed by atoms with Crippen molar-refractivity contribution in [2.75, 3.05) is 20.8 Å². The van der Waals surface area contributed by atoms with Crippen molar-refractivity contribution in [3.8, 4) is 5.75 Å². The smallest absolute Gasteiger partial charge is 0.202 e. The van der Waals surface area contributed by atoms with Crippen LogP contribution in [0.5, 0.6) is 5.75 Å². The van der Waals surface area contributed by atoms with Crippen LogP contribution in [0.3, 0.4) is 0 Å². The molecule has 10 nitrogen and oxygen atoms in total. The minimum absolute atomic E-state index is 0.000905. The molecule has 0 aromatic heterocycles. The lowest BCUT2D eigenvalue weighted by molar-refractivity contribution is -0.405. The zero-order chi connectivity index (χ0) is 43.9. The predicted octanol–water partition coefficient (Wildman–Crippen LogP) is 11.0. The van der Waals surface area contributed by atoms with Gasteiger partial charge in [-0.25, -0.2) is 10.1 Å². The third-order valence-electron chi connectivity index (χ3n) is 15.1. The van der Waals surface area contributed by atoms with Crippen molar-refractivity contribution in [3.05, 3.63) is 42.5 Å². The number of rotatable bonds is 17. The molecule has 0 radical (unpaired) electrons. The predicted molar refractivity (Wildman–Crippen MR) is 236 cm³/mol. The number of hydrogen-bond acceptors (Lipinski definition) is 10. The number of hydrogen-bond donors (Lipinski definition) is 1. The van der Waals surface area contributed by atoms with E-state index >= 15 is 0 Å². The lowest BCUT2D eigenvalue weighted by atomic mass is 9.72. The molecule has 1 unspecified atom stereocenters. The summed E-state index contributed by atoms with van der Waals surface area (Å²) < 4.78 is 54.2. The fourth-order valence-electron chi connectivity index (χ4n) is 8.84. The molecule has 4 rings (SSSR count). The number of ether oxygens (including phenoxy) is 6. The molecule has 0 saturated carbocycles. The van der Waals surface area contributed by atoms with Gasteiger partial charge in [-0.1, -0.05) is 94.4 Å². The van der Waals surface area contributed by atoms with Gasteiger partial charge in [-0.2, -0.15) is 0 Å². The molecule has 12 atom stereocenters. The summed E-state index contributed by atoms with van der Waals surface area (Å²) in [6, 6.07) is 7.96. The summed E-state index contributed by atoms with van der Waals surface area (Å²) in [7, 11) is -0.782. The summed E-state index contributed by atoms with van der Waals surface area (Å²) >= 11 is 0. The molecule has 1 aromatic rings. The van der Waals surface area contributed by atoms with Crippen LogP contribution in [0.25, 0.3) is 0 Å². The van der Waals surface area contributed by atoms with E-state index in [9.17, 15) is 5.26 Å². The maximum atomic E-state index is 10.5. The van der Waals surface area contributed by atoms with Crippen molar-refractivity contribution in [2.45, 2.75) is 193 Å². The summed E-state index contributed by atoms with van der Waals surface area (Å²) in [6.07, 6.45) is 1.68. The van der Waals surface area contributed by atoms with Crippen LogP contribution >= 0.6 is 0 Å². The molecular formula is C46H82O10Si2. The Morgan fingerprint density at radius 3 is 2.02 bits per heavy atom. The summed E-state index contributed by atoms with van der Waals surface area (Å²) in [5.41, 5.74) is 0.366. The average Bonchev–Trinajstić information content (AvgIpc) is 3.50. The maximum Gasteiger partial charge on any atom is 0.202 e. The minimum atomic E-state index is -2.19. The molecule has 58 heavy (non-hydrogen) atoms. The molecule has 3 heterocycles. The fraction of sp³-hybridized carbons (Fsp3) is 0.826. The third kappa shape index (κ3) is 10.0. The molecule has 1 spiro atoms. The maximum absolute atomic E-state index is 10.5. The lowest BCUT2D eigenvalue weighted by Crippen LogP contribution is -2.60. The minimum Gasteiger partial charge on any atom is -0.497 e. The first-order valence-electron chi connectivity index (χ1n) is 21.7. The zero-order valence-corrected chi connectivity index (χ0v) is 41.5. The van der Waals surface area contributed by atoms with Crippen LogP contribution in [-0.4, -0.2) is 90.9 Å². The van der Waals surface area contributed by atoms with Crippen molar-refractivity contribution < 1.29 is 47.4 Å². The Balaban J connectivity index is 1.72. The van der Waals surface area contributed by atoms with Crippen LogP contribution in [0.2, 0.25) is 36.3 Å². The summed E-state index contributed by atoms with van der Waals surface area (Å²) in [5.74, 6) is -1.61. The second-order valence-electron chi connectivity index (χ2n) is 21.5. The van der Waals surface area contributed by atoms with Gasteiger partial charge in [0.25, 0.3) is 0 Å². The monoisotopic (exact) mass is 851 g/mol. The average molecular weight is 851 g/mol. The van der Waals surface area contributed by atoms with Crippen LogP contribution in [0, 0.1) is 29.1 Å². The summed E-state index contributed by atoms with van der Waals surface area (Å²) in [5, 5.41) is 10.6. The van der Waals surface area contributed by atoms with E-state index in [-0.39, 0.29) is 52.1 Å². The van der Waals surface area contributed by atoms with Crippen LogP contribution in [-0.2, 0) is 44.0 Å². The van der Waals surface area contributed by atoms with Gasteiger partial charge in [-0.15, -0.1) is 6.58 Å². The van der Waals surface area contributed by atoms with Crippen LogP contribution in [0.1, 0.15) is 108 Å². The molecule has 0 amide bonds. The van der Waals surface area contributed by atoms with Crippen LogP contribution < -0.4 is 4.74 Å². The van der Waals surface area contributed by atoms with Gasteiger partial charge >= 0.3 is 0 Å². The van der Waals surface area contributed by atoms with Crippen molar-refractivity contribution in [1.82, 2.24) is 0 Å². The Morgan fingerprint density at radius 1 is 0.897 bits per heavy atom. The van der Waals surface area contributed by atoms with Crippen LogP contribution in [0.15, 0.2) is 36.9 Å². The zero-order valence-electron chi connectivity index (χ0n) is 39.5. The standard InChI is InChI=1S/C46H82O10Si2/c1-20-21-36-32(4)38(55-58(18,19)43(8,9)10)27-46(52-36)44(11,12)41(50-29-33-22-24-34(48-14)25-23-33)40(54-46)37(49-15)26-35-31(3)39(53-45(35,13)56-47)30(2)28-51-57(16,17)42(5,6)7/h20,22-25,30-32,35-41,47H,1,21,26-29H2,2-19H3/t30-,31+,32-,35+,36+,37+,38-,39-,40-,41+,45?,46+/m1/s1. The van der Waals surface area contributed by atoms with E-state index in [0.717, 1.165) is 11.3 Å². The number of benzene rings is 1. The molecule has 1 N–H and O–H groups in total. The van der Waals surface area contributed by atoms with Crippen LogP contribution in [0.4, 0.5) is 0 Å². The Hall–Kier alpha value is -1.17. The van der Waals surface area contributed by atoms with Crippen molar-refractivity contribution >= 4 is 16.6 Å². The normalized spacial score (nSPS) is 34.3. The largest absolute Gasteiger partial charge is 0.497 e. The molecule has 3 aliphatic heterocycles. The SMILES string of the molecule is C=CC[C@@H]1O[C@@]2(C[C@@H](O[Si](C)(C)C(C)(C)C)[C@@H]1C)O[C@H]([C@H](C[C@H]1[C@H](C)[C@@H]([C@H](C)CO[Si](C)(C)C(C)(C)C)OC1(C)OO)OC)[C@H](OCc1ccc(OC)cc1)C2(C)C. The highest BCUT2D eigenvalue weighted by Crippen LogP contribution is 2.58. The highest BCUT2D eigenvalue weighted by Gasteiger charge is 2.68. The van der Waals surface area contributed by atoms with E-state index < -0.39 is 51.9 Å². The number of methoxy groups -OCH3 is 2. The Morgan fingerprint density at radius 2 is 1.50 bits per heavy atom. The molecule has 12 heteroatoms. The van der Waals surface area contributed by atoms with Gasteiger partial charge in [0.1, 0.15) is 11.9 Å². The third-order valence-corrected chi connectivity index (χ3v) is 24.2. The first-order chi connectivity index (χ1) is 26.6. The van der Waals surface area contributed by atoms with Gasteiger partial charge < -0.3 is 37.3 Å². The van der Waals surface area contributed by atoms with E-state index in [1.54, 1.807) is 14.2 Å². The molecule has 1 aromatic carbocycles.